The van der Waals surface area contributed by atoms with Crippen LogP contribution in [0.4, 0.5) is 5.69 Å². The highest BCUT2D eigenvalue weighted by atomic mass is 32.1. The molecule has 0 unspecified atom stereocenters. The minimum Gasteiger partial charge on any atom is -0.397 e. The third-order valence-corrected chi connectivity index (χ3v) is 7.70. The van der Waals surface area contributed by atoms with E-state index < -0.39 is 0 Å². The van der Waals surface area contributed by atoms with Crippen molar-refractivity contribution in [3.8, 4) is 0 Å². The Morgan fingerprint density at radius 1 is 1.10 bits per heavy atom. The largest absolute Gasteiger partial charge is 0.397 e. The van der Waals surface area contributed by atoms with Gasteiger partial charge in [0, 0.05) is 22.2 Å². The fourth-order valence-corrected chi connectivity index (χ4v) is 6.04. The molecule has 0 radical (unpaired) electrons. The average Bonchev–Trinajstić information content (AvgIpc) is 3.36. The number of nitrogen functional groups attached to an aromatic ring is 1. The summed E-state index contributed by atoms with van der Waals surface area (Å²) in [5.41, 5.74) is 12.8. The molecule has 5 rings (SSSR count). The number of benzene rings is 1. The van der Waals surface area contributed by atoms with Crippen LogP contribution in [0, 0.1) is 6.92 Å². The van der Waals surface area contributed by atoms with E-state index in [2.05, 4.69) is 17.5 Å². The van der Waals surface area contributed by atoms with Crippen molar-refractivity contribution in [2.75, 3.05) is 5.73 Å². The molecule has 0 fully saturated rings. The number of nitrogens with zero attached hydrogens (tertiary/aromatic N) is 1. The van der Waals surface area contributed by atoms with Gasteiger partial charge in [-0.1, -0.05) is 35.9 Å². The van der Waals surface area contributed by atoms with Gasteiger partial charge in [0.1, 0.15) is 9.71 Å². The molecule has 0 spiro atoms. The van der Waals surface area contributed by atoms with Crippen LogP contribution in [-0.4, -0.2) is 10.8 Å². The second-order valence-corrected chi connectivity index (χ2v) is 9.73. The van der Waals surface area contributed by atoms with Crippen molar-refractivity contribution in [3.05, 3.63) is 79.5 Å². The maximum Gasteiger partial charge on any atom is 0.205 e. The molecule has 3 heterocycles. The van der Waals surface area contributed by atoms with Crippen LogP contribution < -0.4 is 5.73 Å². The zero-order chi connectivity index (χ0) is 20.0. The van der Waals surface area contributed by atoms with Gasteiger partial charge in [-0.15, -0.1) is 22.7 Å². The monoisotopic (exact) mass is 418 g/mol. The summed E-state index contributed by atoms with van der Waals surface area (Å²) >= 11 is 3.22. The van der Waals surface area contributed by atoms with Gasteiger partial charge in [0.2, 0.25) is 5.78 Å². The molecule has 0 saturated heterocycles. The molecule has 0 atom stereocenters. The van der Waals surface area contributed by atoms with E-state index in [9.17, 15) is 4.79 Å². The first kappa shape index (κ1) is 18.5. The van der Waals surface area contributed by atoms with Crippen LogP contribution in [0.25, 0.3) is 10.2 Å². The summed E-state index contributed by atoms with van der Waals surface area (Å²) in [5.74, 6) is -0.00475. The summed E-state index contributed by atoms with van der Waals surface area (Å²) in [4.78, 5) is 21.0. The number of aromatic nitrogens is 1. The van der Waals surface area contributed by atoms with Crippen molar-refractivity contribution in [1.29, 1.82) is 0 Å². The molecule has 1 aromatic carbocycles. The lowest BCUT2D eigenvalue weighted by Crippen LogP contribution is -2.10. The van der Waals surface area contributed by atoms with Gasteiger partial charge in [-0.05, 0) is 55.2 Å². The average molecular weight is 419 g/mol. The van der Waals surface area contributed by atoms with Crippen LogP contribution in [0.1, 0.15) is 55.3 Å². The fraction of sp³-hybridized carbons (Fsp3) is 0.250. The van der Waals surface area contributed by atoms with E-state index in [4.69, 9.17) is 10.7 Å². The third kappa shape index (κ3) is 3.28. The van der Waals surface area contributed by atoms with Crippen LogP contribution in [0.2, 0.25) is 0 Å². The van der Waals surface area contributed by atoms with Crippen molar-refractivity contribution in [1.82, 2.24) is 4.98 Å². The Kier molecular flexibility index (Phi) is 4.72. The lowest BCUT2D eigenvalue weighted by atomic mass is 9.87. The number of nitrogens with two attached hydrogens (primary N) is 1. The molecule has 5 heteroatoms. The summed E-state index contributed by atoms with van der Waals surface area (Å²) in [6.45, 7) is 2.02. The van der Waals surface area contributed by atoms with Gasteiger partial charge >= 0.3 is 0 Å². The maximum absolute atomic E-state index is 13.2. The number of carbonyl (C=O) groups excluding carboxylic acids is 1. The molecule has 4 aromatic rings. The Bertz CT molecular complexity index is 1200. The molecule has 3 nitrogen and oxygen atoms in total. The highest BCUT2D eigenvalue weighted by molar-refractivity contribution is 7.21. The first-order valence-corrected chi connectivity index (χ1v) is 11.7. The number of thiophene rings is 2. The van der Waals surface area contributed by atoms with Crippen molar-refractivity contribution in [2.45, 2.75) is 39.0 Å². The van der Waals surface area contributed by atoms with E-state index in [-0.39, 0.29) is 5.78 Å². The van der Waals surface area contributed by atoms with E-state index >= 15 is 0 Å². The van der Waals surface area contributed by atoms with Crippen molar-refractivity contribution in [3.63, 3.8) is 0 Å². The van der Waals surface area contributed by atoms with E-state index in [0.717, 1.165) is 40.7 Å². The number of fused-ring (bicyclic) bond motifs is 3. The number of ketones is 1. The van der Waals surface area contributed by atoms with E-state index in [0.29, 0.717) is 16.1 Å². The maximum atomic E-state index is 13.2. The standard InChI is InChI=1S/C24H22N2OS2/c1-14-8-10-15(11-9-14)22(27)23-21(25)20-18-7-3-2-6-17(18)19(26-24(20)29-23)13-16-5-4-12-28-16/h4-5,8-12H,2-3,6-7,13,25H2,1H3. The van der Waals surface area contributed by atoms with Gasteiger partial charge in [0.05, 0.1) is 11.4 Å². The van der Waals surface area contributed by atoms with Gasteiger partial charge in [-0.2, -0.15) is 0 Å². The number of rotatable bonds is 4. The smallest absolute Gasteiger partial charge is 0.205 e. The number of aryl methyl sites for hydroxylation is 2. The molecule has 2 N–H and O–H groups in total. The number of hydrogen-bond donors (Lipinski definition) is 1. The first-order chi connectivity index (χ1) is 14.1. The molecule has 3 aromatic heterocycles. The number of hydrogen-bond acceptors (Lipinski definition) is 5. The summed E-state index contributed by atoms with van der Waals surface area (Å²) in [5, 5.41) is 3.14. The zero-order valence-electron chi connectivity index (χ0n) is 16.3. The van der Waals surface area contributed by atoms with Crippen LogP contribution in [-0.2, 0) is 19.3 Å². The van der Waals surface area contributed by atoms with Gasteiger partial charge in [-0.25, -0.2) is 4.98 Å². The van der Waals surface area contributed by atoms with Crippen molar-refractivity contribution in [2.24, 2.45) is 0 Å². The molecular weight excluding hydrogens is 396 g/mol. The third-order valence-electron chi connectivity index (χ3n) is 5.72. The predicted octanol–water partition coefficient (Wildman–Crippen LogP) is 5.95. The SMILES string of the molecule is Cc1ccc(C(=O)c2sc3nc(Cc4cccs4)c4c(c3c2N)CCCC4)cc1. The van der Waals surface area contributed by atoms with Gasteiger partial charge in [-0.3, -0.25) is 4.79 Å². The molecule has 0 bridgehead atoms. The van der Waals surface area contributed by atoms with Gasteiger partial charge < -0.3 is 5.73 Å². The topological polar surface area (TPSA) is 56.0 Å². The molecule has 29 heavy (non-hydrogen) atoms. The number of pyridine rings is 1. The lowest BCUT2D eigenvalue weighted by Gasteiger charge is -2.20. The number of carbonyl (C=O) groups is 1. The Morgan fingerprint density at radius 2 is 1.86 bits per heavy atom. The molecule has 0 amide bonds. The Hall–Kier alpha value is -2.50. The van der Waals surface area contributed by atoms with E-state index in [1.807, 2.05) is 31.2 Å². The quantitative estimate of drug-likeness (QED) is 0.417. The van der Waals surface area contributed by atoms with Crippen LogP contribution in [0.3, 0.4) is 0 Å². The molecule has 1 aliphatic carbocycles. The van der Waals surface area contributed by atoms with Crippen LogP contribution in [0.15, 0.2) is 41.8 Å². The minimum absolute atomic E-state index is 0.00475. The lowest BCUT2D eigenvalue weighted by molar-refractivity contribution is 0.104. The predicted molar refractivity (Wildman–Crippen MR) is 122 cm³/mol. The highest BCUT2D eigenvalue weighted by Crippen LogP contribution is 2.41. The summed E-state index contributed by atoms with van der Waals surface area (Å²) in [7, 11) is 0. The highest BCUT2D eigenvalue weighted by Gasteiger charge is 2.25. The van der Waals surface area contributed by atoms with Gasteiger partial charge in [0.25, 0.3) is 0 Å². The normalized spacial score (nSPS) is 13.6. The number of anilines is 1. The summed E-state index contributed by atoms with van der Waals surface area (Å²) in [6, 6.07) is 12.0. The second kappa shape index (κ2) is 7.39. The van der Waals surface area contributed by atoms with Crippen LogP contribution >= 0.6 is 22.7 Å². The molecule has 1 aliphatic rings. The Balaban J connectivity index is 1.66. The summed E-state index contributed by atoms with van der Waals surface area (Å²) < 4.78 is 0. The minimum atomic E-state index is -0.00475. The molecule has 0 saturated carbocycles. The second-order valence-electron chi connectivity index (χ2n) is 7.70. The zero-order valence-corrected chi connectivity index (χ0v) is 18.0. The fourth-order valence-electron chi connectivity index (χ4n) is 4.22. The van der Waals surface area contributed by atoms with Gasteiger partial charge in [0.15, 0.2) is 0 Å². The summed E-state index contributed by atoms with van der Waals surface area (Å²) in [6.07, 6.45) is 5.29. The van der Waals surface area contributed by atoms with Crippen molar-refractivity contribution < 1.29 is 4.79 Å². The van der Waals surface area contributed by atoms with E-state index in [1.54, 1.807) is 11.3 Å². The molecule has 146 valence electrons. The van der Waals surface area contributed by atoms with Crippen molar-refractivity contribution >= 4 is 44.4 Å². The Labute approximate surface area is 178 Å². The Morgan fingerprint density at radius 3 is 2.59 bits per heavy atom. The molecular formula is C24H22N2OS2. The van der Waals surface area contributed by atoms with Crippen LogP contribution in [0.5, 0.6) is 0 Å². The van der Waals surface area contributed by atoms with E-state index in [1.165, 1.54) is 40.2 Å². The first-order valence-electron chi connectivity index (χ1n) is 9.98. The molecule has 0 aliphatic heterocycles.